The minimum Gasteiger partial charge on any atom is -0.289 e. The number of halogens is 2. The van der Waals surface area contributed by atoms with Crippen LogP contribution in [0.2, 0.25) is 0 Å². The van der Waals surface area contributed by atoms with Gasteiger partial charge in [0.1, 0.15) is 11.6 Å². The van der Waals surface area contributed by atoms with Crippen LogP contribution in [-0.2, 0) is 10.8 Å². The fourth-order valence-corrected chi connectivity index (χ4v) is 19.2. The summed E-state index contributed by atoms with van der Waals surface area (Å²) in [6, 6.07) is 54.3. The molecule has 0 atom stereocenters. The molecular formula is C74H40F2N4O2S4. The Morgan fingerprint density at radius 2 is 0.779 bits per heavy atom. The first-order valence-corrected chi connectivity index (χ1v) is 30.8. The fraction of sp³-hybridized carbons (Fsp3) is 0.0811. The predicted octanol–water partition coefficient (Wildman–Crippen LogP) is 19.3. The van der Waals surface area contributed by atoms with Crippen LogP contribution in [0, 0.1) is 75.1 Å². The molecule has 0 saturated carbocycles. The number of nitriles is 2. The zero-order valence-electron chi connectivity index (χ0n) is 46.2. The smallest absolute Gasteiger partial charge is 0.270 e. The average Bonchev–Trinajstić information content (AvgIpc) is 1.48. The maximum Gasteiger partial charge on any atom is 0.270 e. The lowest BCUT2D eigenvalue weighted by atomic mass is 9.65. The second-order valence-electron chi connectivity index (χ2n) is 22.1. The molecule has 0 bridgehead atoms. The van der Waals surface area contributed by atoms with Crippen LogP contribution in [0.5, 0.6) is 0 Å². The molecule has 0 aliphatic heterocycles. The van der Waals surface area contributed by atoms with Gasteiger partial charge in [-0.05, 0) is 85.4 Å². The van der Waals surface area contributed by atoms with Gasteiger partial charge in [0.05, 0.1) is 45.5 Å². The highest BCUT2D eigenvalue weighted by Gasteiger charge is 2.59. The SMILES string of the molecule is [C-]#[N+]/C(C#N)=C1\C(=C\c2cc3sc4c(c3s2)C(c2ccc(C)cc2)(c2ccc(C)cc2)c2c(F)c3c(c(F)c2-4)C(c2ccc(C)cc2)(c2ccc(C)cc2)c2c-3sc3cc(/C=C4\C(=O)c5ccccc5\C4=C(\C#N)[N+]#[C-])sc23)C(=O)c2ccccc21. The quantitative estimate of drug-likeness (QED) is 0.0942. The van der Waals surface area contributed by atoms with Crippen molar-refractivity contribution in [2.24, 2.45) is 0 Å². The van der Waals surface area contributed by atoms with Crippen LogP contribution in [0.4, 0.5) is 8.78 Å². The standard InChI is InChI=1S/C74H40F2N4O2S4/c1-37-15-23-41(24-16-37)73(42-25-17-38(2)18-26-42)61-59(71-63(73)69-55(85-71)33-45(83-69)31-51-57(53(35-77)79-5)47-11-7-9-13-49(47)67(51)81)66(76)62-60(65(61)75)72-64(74(62,43-27-19-39(3)20-28-43)44-29-21-40(4)22-30-44)70-56(86-72)34-46(84-70)32-52-58(54(36-78)80-6)48-12-8-10-14-50(48)68(52)82/h7-34H,1-4H3/b51-31-,52-32-,57-53-,58-54+. The van der Waals surface area contributed by atoms with E-state index in [9.17, 15) is 20.1 Å². The van der Waals surface area contributed by atoms with Crippen LogP contribution in [0.15, 0.2) is 180 Å². The summed E-state index contributed by atoms with van der Waals surface area (Å²) in [5, 5.41) is 20.4. The number of hydrogen-bond acceptors (Lipinski definition) is 8. The van der Waals surface area contributed by atoms with Gasteiger partial charge in [0.2, 0.25) is 0 Å². The van der Waals surface area contributed by atoms with Crippen LogP contribution < -0.4 is 0 Å². The number of nitrogens with zero attached hydrogens (tertiary/aromatic N) is 4. The highest BCUT2D eigenvalue weighted by molar-refractivity contribution is 7.31. The largest absolute Gasteiger partial charge is 0.289 e. The highest BCUT2D eigenvalue weighted by atomic mass is 32.1. The van der Waals surface area contributed by atoms with Crippen molar-refractivity contribution in [2.75, 3.05) is 0 Å². The monoisotopic (exact) mass is 1180 g/mol. The van der Waals surface area contributed by atoms with E-state index in [1.54, 1.807) is 60.7 Å². The molecule has 12 heteroatoms. The van der Waals surface area contributed by atoms with Crippen molar-refractivity contribution < 1.29 is 18.4 Å². The number of allylic oxidation sites excluding steroid dienone is 6. The van der Waals surface area contributed by atoms with Gasteiger partial charge in [-0.2, -0.15) is 0 Å². The van der Waals surface area contributed by atoms with Gasteiger partial charge in [0.25, 0.3) is 11.4 Å². The third-order valence-corrected chi connectivity index (χ3v) is 22.2. The maximum atomic E-state index is 20.3. The number of thiophene rings is 4. The van der Waals surface area contributed by atoms with Crippen molar-refractivity contribution in [2.45, 2.75) is 38.5 Å². The van der Waals surface area contributed by atoms with Gasteiger partial charge in [0.15, 0.2) is 11.6 Å². The van der Waals surface area contributed by atoms with E-state index in [-0.39, 0.29) is 67.5 Å². The Morgan fingerprint density at radius 3 is 1.08 bits per heavy atom. The van der Waals surface area contributed by atoms with Gasteiger partial charge in [0, 0.05) is 95.7 Å². The van der Waals surface area contributed by atoms with Crippen LogP contribution in [0.3, 0.4) is 0 Å². The van der Waals surface area contributed by atoms with Gasteiger partial charge in [-0.25, -0.2) is 29.0 Å². The van der Waals surface area contributed by atoms with Crippen molar-refractivity contribution in [3.63, 3.8) is 0 Å². The number of carbonyl (C=O) groups is 2. The molecule has 0 N–H and O–H groups in total. The lowest BCUT2D eigenvalue weighted by molar-refractivity contribution is 0.103. The summed E-state index contributed by atoms with van der Waals surface area (Å²) < 4.78 is 43.8. The molecule has 0 saturated heterocycles. The predicted molar refractivity (Wildman–Crippen MR) is 342 cm³/mol. The molecule has 4 aliphatic rings. The Kier molecular flexibility index (Phi) is 11.8. The normalized spacial score (nSPS) is 16.8. The van der Waals surface area contributed by atoms with E-state index in [1.165, 1.54) is 45.3 Å². The highest BCUT2D eigenvalue weighted by Crippen LogP contribution is 2.70. The lowest BCUT2D eigenvalue weighted by Gasteiger charge is -2.36. The van der Waals surface area contributed by atoms with Gasteiger partial charge >= 0.3 is 0 Å². The maximum absolute atomic E-state index is 20.3. The summed E-state index contributed by atoms with van der Waals surface area (Å²) >= 11 is 5.60. The lowest BCUT2D eigenvalue weighted by Crippen LogP contribution is -2.32. The zero-order valence-corrected chi connectivity index (χ0v) is 49.4. The summed E-state index contributed by atoms with van der Waals surface area (Å²) in [6.07, 6.45) is 3.50. The number of Topliss-reactive ketones (excluding diaryl/α,β-unsaturated/α-hetero) is 2. The number of aryl methyl sites for hydroxylation is 4. The average molecular weight is 1180 g/mol. The first-order valence-electron chi connectivity index (χ1n) is 27.5. The second kappa shape index (κ2) is 19.3. The van der Waals surface area contributed by atoms with Crippen LogP contribution in [0.1, 0.15) is 108 Å². The fourth-order valence-electron chi connectivity index (χ4n) is 13.7. The molecule has 0 spiro atoms. The van der Waals surface area contributed by atoms with E-state index >= 15 is 8.78 Å². The number of hydrogen-bond donors (Lipinski definition) is 0. The van der Waals surface area contributed by atoms with E-state index in [4.69, 9.17) is 13.1 Å². The minimum absolute atomic E-state index is 0.173. The summed E-state index contributed by atoms with van der Waals surface area (Å²) in [6.45, 7) is 23.9. The Bertz CT molecular complexity index is 4790. The van der Waals surface area contributed by atoms with E-state index in [0.717, 1.165) is 74.4 Å². The number of benzene rings is 7. The molecular weight excluding hydrogens is 1140 g/mol. The number of ketones is 2. The van der Waals surface area contributed by atoms with Gasteiger partial charge in [-0.3, -0.25) is 9.59 Å². The molecule has 0 fully saturated rings. The summed E-state index contributed by atoms with van der Waals surface area (Å²) in [5.74, 6) is -1.70. The number of fused-ring (bicyclic) bond motifs is 12. The van der Waals surface area contributed by atoms with Gasteiger partial charge in [-0.15, -0.1) is 45.3 Å². The topological polar surface area (TPSA) is 90.4 Å². The summed E-state index contributed by atoms with van der Waals surface area (Å²) in [5.41, 5.74) is 8.69. The van der Waals surface area contributed by atoms with Crippen molar-refractivity contribution >= 4 is 99.0 Å². The molecule has 4 aliphatic carbocycles. The Labute approximate surface area is 509 Å². The minimum atomic E-state index is -1.44. The molecule has 406 valence electrons. The molecule has 4 heterocycles. The summed E-state index contributed by atoms with van der Waals surface area (Å²) in [4.78, 5) is 38.3. The molecule has 11 aromatic rings. The van der Waals surface area contributed by atoms with Crippen molar-refractivity contribution in [1.29, 1.82) is 10.5 Å². The third kappa shape index (κ3) is 7.08. The molecule has 15 rings (SSSR count). The van der Waals surface area contributed by atoms with Crippen LogP contribution >= 0.6 is 45.3 Å². The summed E-state index contributed by atoms with van der Waals surface area (Å²) in [7, 11) is 0. The zero-order chi connectivity index (χ0) is 59.2. The Morgan fingerprint density at radius 1 is 0.465 bits per heavy atom. The number of rotatable bonds is 6. The molecule has 0 radical (unpaired) electrons. The van der Waals surface area contributed by atoms with Gasteiger partial charge < -0.3 is 0 Å². The molecule has 0 unspecified atom stereocenters. The van der Waals surface area contributed by atoms with E-state index in [0.29, 0.717) is 41.8 Å². The first-order chi connectivity index (χ1) is 41.8. The Balaban J connectivity index is 1.05. The molecule has 0 amide bonds. The van der Waals surface area contributed by atoms with E-state index in [2.05, 4.69) is 9.69 Å². The van der Waals surface area contributed by atoms with Crippen molar-refractivity contribution in [1.82, 2.24) is 0 Å². The molecule has 6 nitrogen and oxygen atoms in total. The molecule has 86 heavy (non-hydrogen) atoms. The first kappa shape index (κ1) is 52.8. The number of carbonyl (C=O) groups excluding carboxylic acids is 2. The molecule has 7 aromatic carbocycles. The van der Waals surface area contributed by atoms with Gasteiger partial charge in [-0.1, -0.05) is 168 Å². The van der Waals surface area contributed by atoms with E-state index in [1.807, 2.05) is 149 Å². The molecule has 4 aromatic heterocycles. The van der Waals surface area contributed by atoms with Crippen molar-refractivity contribution in [3.8, 4) is 33.0 Å². The Hall–Kier alpha value is -10.0. The van der Waals surface area contributed by atoms with E-state index < -0.39 is 22.5 Å². The second-order valence-corrected chi connectivity index (χ2v) is 26.4. The third-order valence-electron chi connectivity index (χ3n) is 17.4. The van der Waals surface area contributed by atoms with Crippen molar-refractivity contribution in [3.05, 3.63) is 314 Å². The van der Waals surface area contributed by atoms with Crippen LogP contribution in [0.25, 0.3) is 72.7 Å². The van der Waals surface area contributed by atoms with Crippen LogP contribution in [-0.4, -0.2) is 11.6 Å².